The minimum atomic E-state index is -0.557. The molecule has 1 rings (SSSR count). The molecule has 1 heterocycles. The van der Waals surface area contributed by atoms with Gasteiger partial charge in [0.05, 0.1) is 12.6 Å². The fourth-order valence-corrected chi connectivity index (χ4v) is 4.14. The highest BCUT2D eigenvalue weighted by molar-refractivity contribution is 8.06. The van der Waals surface area contributed by atoms with Crippen molar-refractivity contribution in [3.8, 4) is 0 Å². The van der Waals surface area contributed by atoms with Gasteiger partial charge in [-0.3, -0.25) is 9.59 Å². The molecule has 0 spiro atoms. The number of hydrogen-bond acceptors (Lipinski definition) is 5. The Morgan fingerprint density at radius 2 is 2.05 bits per heavy atom. The Morgan fingerprint density at radius 3 is 2.63 bits per heavy atom. The Hall–Kier alpha value is -0.400. The van der Waals surface area contributed by atoms with Crippen LogP contribution < -0.4 is 16.4 Å². The Kier molecular flexibility index (Phi) is 7.63. The summed E-state index contributed by atoms with van der Waals surface area (Å²) in [5.74, 6) is 3.06. The molecule has 110 valence electrons. The summed E-state index contributed by atoms with van der Waals surface area (Å²) in [6.45, 7) is 4.43. The van der Waals surface area contributed by atoms with E-state index >= 15 is 0 Å². The third-order valence-corrected chi connectivity index (χ3v) is 5.70. The summed E-state index contributed by atoms with van der Waals surface area (Å²) in [5.41, 5.74) is 5.69. The Balaban J connectivity index is 2.15. The largest absolute Gasteiger partial charge is 0.353 e. The van der Waals surface area contributed by atoms with Crippen molar-refractivity contribution in [3.63, 3.8) is 0 Å². The van der Waals surface area contributed by atoms with Gasteiger partial charge in [-0.25, -0.2) is 0 Å². The van der Waals surface area contributed by atoms with Crippen molar-refractivity contribution in [1.82, 2.24) is 10.6 Å². The highest BCUT2D eigenvalue weighted by atomic mass is 32.2. The molecule has 2 amide bonds. The first-order valence-corrected chi connectivity index (χ1v) is 8.70. The highest BCUT2D eigenvalue weighted by Crippen LogP contribution is 2.23. The first kappa shape index (κ1) is 16.7. The fraction of sp³-hybridized carbons (Fsp3) is 0.833. The van der Waals surface area contributed by atoms with Crippen LogP contribution in [0.15, 0.2) is 0 Å². The van der Waals surface area contributed by atoms with Gasteiger partial charge in [0.15, 0.2) is 0 Å². The molecule has 0 aliphatic carbocycles. The van der Waals surface area contributed by atoms with Crippen LogP contribution in [-0.4, -0.2) is 53.5 Å². The number of amides is 2. The topological polar surface area (TPSA) is 84.2 Å². The SMILES string of the molecule is CC(C)[C@H](N)C(=O)NCC(=O)NCC1CSCCS1. The third kappa shape index (κ3) is 6.54. The van der Waals surface area contributed by atoms with Crippen molar-refractivity contribution in [2.45, 2.75) is 25.1 Å². The average molecular weight is 305 g/mol. The predicted octanol–water partition coefficient (Wildman–Crippen LogP) is 0.0507. The van der Waals surface area contributed by atoms with E-state index in [1.54, 1.807) is 0 Å². The summed E-state index contributed by atoms with van der Waals surface area (Å²) in [6, 6.07) is -0.557. The number of carbonyl (C=O) groups is 2. The van der Waals surface area contributed by atoms with Gasteiger partial charge in [-0.2, -0.15) is 23.5 Å². The predicted molar refractivity (Wildman–Crippen MR) is 82.4 cm³/mol. The van der Waals surface area contributed by atoms with Crippen LogP contribution in [-0.2, 0) is 9.59 Å². The lowest BCUT2D eigenvalue weighted by Gasteiger charge is -2.21. The van der Waals surface area contributed by atoms with Crippen LogP contribution in [0.3, 0.4) is 0 Å². The van der Waals surface area contributed by atoms with Crippen molar-refractivity contribution < 1.29 is 9.59 Å². The number of rotatable bonds is 6. The molecular weight excluding hydrogens is 282 g/mol. The highest BCUT2D eigenvalue weighted by Gasteiger charge is 2.18. The van der Waals surface area contributed by atoms with Crippen LogP contribution in [0, 0.1) is 5.92 Å². The van der Waals surface area contributed by atoms with E-state index in [1.165, 1.54) is 5.75 Å². The molecule has 7 heteroatoms. The van der Waals surface area contributed by atoms with Crippen molar-refractivity contribution in [1.29, 1.82) is 0 Å². The summed E-state index contributed by atoms with van der Waals surface area (Å²) >= 11 is 3.82. The summed E-state index contributed by atoms with van der Waals surface area (Å²) in [7, 11) is 0. The molecule has 1 fully saturated rings. The number of thioether (sulfide) groups is 2. The first-order chi connectivity index (χ1) is 9.00. The van der Waals surface area contributed by atoms with Crippen LogP contribution in [0.4, 0.5) is 0 Å². The number of nitrogens with two attached hydrogens (primary N) is 1. The van der Waals surface area contributed by atoms with Gasteiger partial charge in [0.2, 0.25) is 11.8 Å². The molecule has 0 aromatic heterocycles. The van der Waals surface area contributed by atoms with Gasteiger partial charge in [-0.1, -0.05) is 13.8 Å². The Bertz CT molecular complexity index is 307. The van der Waals surface area contributed by atoms with E-state index in [9.17, 15) is 9.59 Å². The van der Waals surface area contributed by atoms with Crippen molar-refractivity contribution >= 4 is 35.3 Å². The van der Waals surface area contributed by atoms with Crippen molar-refractivity contribution in [2.24, 2.45) is 11.7 Å². The normalized spacial score (nSPS) is 20.9. The van der Waals surface area contributed by atoms with Crippen LogP contribution in [0.1, 0.15) is 13.8 Å². The minimum Gasteiger partial charge on any atom is -0.353 e. The molecule has 4 N–H and O–H groups in total. The second-order valence-electron chi connectivity index (χ2n) is 4.86. The van der Waals surface area contributed by atoms with E-state index < -0.39 is 6.04 Å². The lowest BCUT2D eigenvalue weighted by Crippen LogP contribution is -2.47. The van der Waals surface area contributed by atoms with Gasteiger partial charge in [0.25, 0.3) is 0 Å². The van der Waals surface area contributed by atoms with Crippen molar-refractivity contribution in [2.75, 3.05) is 30.3 Å². The molecule has 0 bridgehead atoms. The van der Waals surface area contributed by atoms with Crippen molar-refractivity contribution in [3.05, 3.63) is 0 Å². The van der Waals surface area contributed by atoms with Crippen LogP contribution in [0.2, 0.25) is 0 Å². The van der Waals surface area contributed by atoms with E-state index in [-0.39, 0.29) is 24.3 Å². The number of carbonyl (C=O) groups excluding carboxylic acids is 2. The van der Waals surface area contributed by atoms with E-state index in [0.29, 0.717) is 11.8 Å². The molecule has 1 saturated heterocycles. The molecular formula is C12H23N3O2S2. The van der Waals surface area contributed by atoms with Gasteiger partial charge < -0.3 is 16.4 Å². The lowest BCUT2D eigenvalue weighted by molar-refractivity contribution is -0.127. The number of hydrogen-bond donors (Lipinski definition) is 3. The van der Waals surface area contributed by atoms with Gasteiger partial charge in [-0.15, -0.1) is 0 Å². The zero-order chi connectivity index (χ0) is 14.3. The standard InChI is InChI=1S/C12H23N3O2S2/c1-8(2)11(13)12(17)15-6-10(16)14-5-9-7-18-3-4-19-9/h8-9,11H,3-7,13H2,1-2H3,(H,14,16)(H,15,17)/t9?,11-/m0/s1. The Labute approximate surface area is 123 Å². The summed E-state index contributed by atoms with van der Waals surface area (Å²) in [4.78, 5) is 23.2. The summed E-state index contributed by atoms with van der Waals surface area (Å²) < 4.78 is 0. The molecule has 0 aromatic carbocycles. The molecule has 0 saturated carbocycles. The molecule has 19 heavy (non-hydrogen) atoms. The average Bonchev–Trinajstić information content (AvgIpc) is 2.42. The molecule has 5 nitrogen and oxygen atoms in total. The maximum Gasteiger partial charge on any atom is 0.239 e. The van der Waals surface area contributed by atoms with Gasteiger partial charge >= 0.3 is 0 Å². The number of nitrogens with one attached hydrogen (secondary N) is 2. The quantitative estimate of drug-likeness (QED) is 0.646. The minimum absolute atomic E-state index is 0.00375. The summed E-state index contributed by atoms with van der Waals surface area (Å²) in [5, 5.41) is 5.89. The summed E-state index contributed by atoms with van der Waals surface area (Å²) in [6.07, 6.45) is 0. The van der Waals surface area contributed by atoms with Gasteiger partial charge in [-0.05, 0) is 5.92 Å². The molecule has 1 aliphatic heterocycles. The van der Waals surface area contributed by atoms with Gasteiger partial charge in [0.1, 0.15) is 0 Å². The van der Waals surface area contributed by atoms with E-state index in [0.717, 1.165) is 11.5 Å². The molecule has 0 radical (unpaired) electrons. The Morgan fingerprint density at radius 1 is 1.32 bits per heavy atom. The second kappa shape index (κ2) is 8.71. The molecule has 0 aromatic rings. The molecule has 2 atom stereocenters. The zero-order valence-electron chi connectivity index (χ0n) is 11.5. The fourth-order valence-electron chi connectivity index (χ4n) is 1.53. The van der Waals surface area contributed by atoms with Crippen LogP contribution in [0.25, 0.3) is 0 Å². The molecule has 1 unspecified atom stereocenters. The van der Waals surface area contributed by atoms with E-state index in [1.807, 2.05) is 37.4 Å². The van der Waals surface area contributed by atoms with Crippen LogP contribution >= 0.6 is 23.5 Å². The van der Waals surface area contributed by atoms with E-state index in [4.69, 9.17) is 5.73 Å². The molecule has 1 aliphatic rings. The maximum atomic E-state index is 11.6. The monoisotopic (exact) mass is 305 g/mol. The first-order valence-electron chi connectivity index (χ1n) is 6.50. The van der Waals surface area contributed by atoms with Crippen LogP contribution in [0.5, 0.6) is 0 Å². The zero-order valence-corrected chi connectivity index (χ0v) is 13.1. The lowest BCUT2D eigenvalue weighted by atomic mass is 10.1. The second-order valence-corrected chi connectivity index (χ2v) is 7.42. The third-order valence-electron chi connectivity index (χ3n) is 2.86. The van der Waals surface area contributed by atoms with E-state index in [2.05, 4.69) is 10.6 Å². The maximum absolute atomic E-state index is 11.6. The smallest absolute Gasteiger partial charge is 0.239 e. The van der Waals surface area contributed by atoms with Gasteiger partial charge in [0, 0.05) is 29.1 Å².